The Hall–Kier alpha value is -1.68. The molecule has 1 N–H and O–H groups in total. The quantitative estimate of drug-likeness (QED) is 0.874. The number of aromatic nitrogens is 3. The van der Waals surface area contributed by atoms with Gasteiger partial charge in [-0.15, -0.1) is 0 Å². The van der Waals surface area contributed by atoms with Crippen LogP contribution in [0.5, 0.6) is 0 Å². The molecule has 0 bridgehead atoms. The van der Waals surface area contributed by atoms with Gasteiger partial charge in [-0.1, -0.05) is 0 Å². The Kier molecular flexibility index (Phi) is 3.11. The summed E-state index contributed by atoms with van der Waals surface area (Å²) in [4.78, 5) is 8.40. The van der Waals surface area contributed by atoms with E-state index in [1.54, 1.807) is 0 Å². The van der Waals surface area contributed by atoms with Crippen molar-refractivity contribution in [2.24, 2.45) is 0 Å². The fourth-order valence-electron chi connectivity index (χ4n) is 2.16. The molecule has 0 amide bonds. The normalized spacial score (nSPS) is 14.9. The lowest BCUT2D eigenvalue weighted by Crippen LogP contribution is -2.16. The fraction of sp³-hybridized carbons (Fsp3) is 0.429. The van der Waals surface area contributed by atoms with Crippen LogP contribution in [0.15, 0.2) is 31.0 Å². The van der Waals surface area contributed by atoms with Crippen LogP contribution in [-0.2, 0) is 13.1 Å². The minimum absolute atomic E-state index is 0.699. The largest absolute Gasteiger partial charge is 0.330 e. The summed E-state index contributed by atoms with van der Waals surface area (Å²) >= 11 is 0. The highest BCUT2D eigenvalue weighted by Crippen LogP contribution is 2.35. The van der Waals surface area contributed by atoms with Crippen molar-refractivity contribution < 1.29 is 0 Å². The highest BCUT2D eigenvalue weighted by molar-refractivity contribution is 5.21. The number of aryl methyl sites for hydroxylation is 1. The summed E-state index contributed by atoms with van der Waals surface area (Å²) < 4.78 is 2.29. The van der Waals surface area contributed by atoms with Crippen LogP contribution in [0.2, 0.25) is 0 Å². The molecule has 1 aliphatic carbocycles. The van der Waals surface area contributed by atoms with Gasteiger partial charge < -0.3 is 9.88 Å². The Bertz CT molecular complexity index is 528. The van der Waals surface area contributed by atoms with E-state index in [4.69, 9.17) is 0 Å². The highest BCUT2D eigenvalue weighted by Gasteiger charge is 2.24. The minimum atomic E-state index is 0.699. The van der Waals surface area contributed by atoms with Crippen molar-refractivity contribution >= 4 is 0 Å². The number of pyridine rings is 1. The summed E-state index contributed by atoms with van der Waals surface area (Å²) in [5.74, 6) is 0. The Balaban J connectivity index is 1.58. The van der Waals surface area contributed by atoms with E-state index in [9.17, 15) is 0 Å². The molecular weight excluding hydrogens is 224 g/mol. The molecule has 1 saturated carbocycles. The van der Waals surface area contributed by atoms with Gasteiger partial charge in [-0.05, 0) is 37.0 Å². The smallest absolute Gasteiger partial charge is 0.0951 e. The molecule has 4 heteroatoms. The molecule has 94 valence electrons. The fourth-order valence-corrected chi connectivity index (χ4v) is 2.16. The van der Waals surface area contributed by atoms with Gasteiger partial charge in [0.05, 0.1) is 12.0 Å². The van der Waals surface area contributed by atoms with Gasteiger partial charge in [-0.2, -0.15) is 0 Å². The van der Waals surface area contributed by atoms with Crippen molar-refractivity contribution in [3.05, 3.63) is 47.8 Å². The topological polar surface area (TPSA) is 42.7 Å². The van der Waals surface area contributed by atoms with Crippen LogP contribution in [0.4, 0.5) is 0 Å². The number of rotatable bonds is 5. The summed E-state index contributed by atoms with van der Waals surface area (Å²) in [5.41, 5.74) is 3.82. The number of hydrogen-bond donors (Lipinski definition) is 1. The average Bonchev–Trinajstić information content (AvgIpc) is 3.12. The molecular formula is C14H18N4. The predicted molar refractivity (Wildman–Crippen MR) is 70.0 cm³/mol. The van der Waals surface area contributed by atoms with Gasteiger partial charge in [0.1, 0.15) is 0 Å². The van der Waals surface area contributed by atoms with Crippen molar-refractivity contribution in [2.45, 2.75) is 38.9 Å². The molecule has 2 aromatic heterocycles. The summed E-state index contributed by atoms with van der Waals surface area (Å²) in [7, 11) is 0. The van der Waals surface area contributed by atoms with E-state index in [1.807, 2.05) is 31.0 Å². The lowest BCUT2D eigenvalue weighted by atomic mass is 10.1. The molecule has 18 heavy (non-hydrogen) atoms. The highest BCUT2D eigenvalue weighted by atomic mass is 15.1. The van der Waals surface area contributed by atoms with Gasteiger partial charge in [-0.3, -0.25) is 4.98 Å². The predicted octanol–water partition coefficient (Wildman–Crippen LogP) is 2.21. The van der Waals surface area contributed by atoms with Crippen LogP contribution in [0.3, 0.4) is 0 Å². The van der Waals surface area contributed by atoms with Crippen LogP contribution in [0, 0.1) is 6.92 Å². The molecule has 1 aliphatic rings. The van der Waals surface area contributed by atoms with Gasteiger partial charge in [0.15, 0.2) is 0 Å². The monoisotopic (exact) mass is 242 g/mol. The average molecular weight is 242 g/mol. The first-order valence-electron chi connectivity index (χ1n) is 6.45. The van der Waals surface area contributed by atoms with Crippen molar-refractivity contribution in [3.8, 4) is 0 Å². The minimum Gasteiger partial charge on any atom is -0.330 e. The first-order chi connectivity index (χ1) is 8.84. The maximum absolute atomic E-state index is 4.24. The van der Waals surface area contributed by atoms with E-state index in [1.165, 1.54) is 29.7 Å². The summed E-state index contributed by atoms with van der Waals surface area (Å²) in [6.45, 7) is 3.84. The summed E-state index contributed by atoms with van der Waals surface area (Å²) in [6, 6.07) is 2.75. The van der Waals surface area contributed by atoms with E-state index in [0.717, 1.165) is 13.1 Å². The van der Waals surface area contributed by atoms with Crippen LogP contribution < -0.4 is 5.32 Å². The molecule has 3 rings (SSSR count). The second kappa shape index (κ2) is 4.90. The molecule has 0 saturated heterocycles. The van der Waals surface area contributed by atoms with Crippen LogP contribution in [0.25, 0.3) is 0 Å². The van der Waals surface area contributed by atoms with Crippen LogP contribution in [0.1, 0.15) is 35.7 Å². The Morgan fingerprint density at radius 3 is 2.94 bits per heavy atom. The van der Waals surface area contributed by atoms with E-state index in [0.29, 0.717) is 6.04 Å². The summed E-state index contributed by atoms with van der Waals surface area (Å²) in [6.07, 6.45) is 10.3. The third-order valence-corrected chi connectivity index (χ3v) is 3.46. The molecule has 1 fully saturated rings. The van der Waals surface area contributed by atoms with Crippen molar-refractivity contribution in [1.82, 2.24) is 19.9 Å². The van der Waals surface area contributed by atoms with Gasteiger partial charge in [0.2, 0.25) is 0 Å². The van der Waals surface area contributed by atoms with E-state index in [2.05, 4.69) is 26.8 Å². The zero-order valence-corrected chi connectivity index (χ0v) is 10.6. The van der Waals surface area contributed by atoms with Crippen molar-refractivity contribution in [2.75, 3.05) is 0 Å². The third-order valence-electron chi connectivity index (χ3n) is 3.46. The lowest BCUT2D eigenvalue weighted by molar-refractivity contribution is 0.619. The Morgan fingerprint density at radius 1 is 1.28 bits per heavy atom. The molecule has 0 atom stereocenters. The maximum atomic E-state index is 4.24. The molecule has 0 aromatic carbocycles. The molecule has 0 unspecified atom stereocenters. The number of nitrogens with one attached hydrogen (secondary N) is 1. The van der Waals surface area contributed by atoms with Crippen LogP contribution in [-0.4, -0.2) is 14.5 Å². The standard InChI is InChI=1S/C14H18N4/c1-11-4-5-15-6-12(11)7-16-8-14-9-17-10-18(14)13-2-3-13/h4-6,9-10,13,16H,2-3,7-8H2,1H3. The zero-order valence-electron chi connectivity index (χ0n) is 10.6. The summed E-state index contributed by atoms with van der Waals surface area (Å²) in [5, 5.41) is 3.47. The van der Waals surface area contributed by atoms with Gasteiger partial charge in [0, 0.05) is 37.7 Å². The molecule has 0 spiro atoms. The second-order valence-corrected chi connectivity index (χ2v) is 4.93. The number of nitrogens with zero attached hydrogens (tertiary/aromatic N) is 3. The first-order valence-corrected chi connectivity index (χ1v) is 6.45. The van der Waals surface area contributed by atoms with Gasteiger partial charge >= 0.3 is 0 Å². The van der Waals surface area contributed by atoms with E-state index < -0.39 is 0 Å². The lowest BCUT2D eigenvalue weighted by Gasteiger charge is -2.09. The molecule has 0 aliphatic heterocycles. The third kappa shape index (κ3) is 2.43. The van der Waals surface area contributed by atoms with Gasteiger partial charge in [0.25, 0.3) is 0 Å². The molecule has 2 heterocycles. The SMILES string of the molecule is Cc1ccncc1CNCc1cncn1C1CC1. The number of hydrogen-bond acceptors (Lipinski definition) is 3. The number of imidazole rings is 1. The maximum Gasteiger partial charge on any atom is 0.0951 e. The van der Waals surface area contributed by atoms with E-state index >= 15 is 0 Å². The molecule has 0 radical (unpaired) electrons. The molecule has 4 nitrogen and oxygen atoms in total. The Labute approximate surface area is 107 Å². The van der Waals surface area contributed by atoms with Crippen molar-refractivity contribution in [3.63, 3.8) is 0 Å². The van der Waals surface area contributed by atoms with Crippen LogP contribution >= 0.6 is 0 Å². The zero-order chi connectivity index (χ0) is 12.4. The first kappa shape index (κ1) is 11.4. The second-order valence-electron chi connectivity index (χ2n) is 4.93. The van der Waals surface area contributed by atoms with Gasteiger partial charge in [-0.25, -0.2) is 4.98 Å². The van der Waals surface area contributed by atoms with E-state index in [-0.39, 0.29) is 0 Å². The Morgan fingerprint density at radius 2 is 2.17 bits per heavy atom. The van der Waals surface area contributed by atoms with Crippen molar-refractivity contribution in [1.29, 1.82) is 0 Å². The molecule has 2 aromatic rings.